The van der Waals surface area contributed by atoms with Crippen molar-refractivity contribution in [1.29, 1.82) is 0 Å². The third kappa shape index (κ3) is 5.39. The van der Waals surface area contributed by atoms with Crippen LogP contribution in [0.2, 0.25) is 0 Å². The van der Waals surface area contributed by atoms with E-state index in [1.54, 1.807) is 0 Å². The maximum Gasteiger partial charge on any atom is 0.228 e. The zero-order chi connectivity index (χ0) is 27.8. The van der Waals surface area contributed by atoms with E-state index in [4.69, 9.17) is 19.8 Å². The van der Waals surface area contributed by atoms with Crippen LogP contribution >= 0.6 is 0 Å². The Kier molecular flexibility index (Phi) is 7.06. The lowest BCUT2D eigenvalue weighted by Gasteiger charge is -2.27. The quantitative estimate of drug-likeness (QED) is 0.287. The maximum atomic E-state index is 5.60. The van der Waals surface area contributed by atoms with Gasteiger partial charge in [0.15, 0.2) is 0 Å². The van der Waals surface area contributed by atoms with Crippen molar-refractivity contribution in [2.75, 3.05) is 56.2 Å². The van der Waals surface area contributed by atoms with Crippen LogP contribution in [0.3, 0.4) is 0 Å². The molecule has 0 spiro atoms. The highest BCUT2D eigenvalue weighted by Gasteiger charge is 2.18. The minimum atomic E-state index is 0.683. The van der Waals surface area contributed by atoms with Crippen molar-refractivity contribution in [3.05, 3.63) is 60.4 Å². The SMILES string of the molecule is Cn1ccc2ccc(Nc3cc(-c4ccc5c(CCCN6CCCC6)nn(C)c5c4)nc(N4CCOCC4)n3)cc21. The van der Waals surface area contributed by atoms with E-state index in [2.05, 4.69) is 75.4 Å². The molecule has 2 fully saturated rings. The van der Waals surface area contributed by atoms with Crippen LogP contribution in [0.1, 0.15) is 25.0 Å². The monoisotopic (exact) mass is 550 g/mol. The Morgan fingerprint density at radius 1 is 0.878 bits per heavy atom. The first-order valence-corrected chi connectivity index (χ1v) is 14.8. The van der Waals surface area contributed by atoms with Gasteiger partial charge >= 0.3 is 0 Å². The minimum Gasteiger partial charge on any atom is -0.378 e. The number of hydrogen-bond donors (Lipinski definition) is 1. The first-order chi connectivity index (χ1) is 20.1. The topological polar surface area (TPSA) is 76.3 Å². The molecule has 0 atom stereocenters. The minimum absolute atomic E-state index is 0.683. The first-order valence-electron chi connectivity index (χ1n) is 14.8. The molecule has 9 nitrogen and oxygen atoms in total. The van der Waals surface area contributed by atoms with Crippen LogP contribution in [0.5, 0.6) is 0 Å². The molecule has 5 heterocycles. The molecule has 212 valence electrons. The largest absolute Gasteiger partial charge is 0.378 e. The predicted octanol–water partition coefficient (Wildman–Crippen LogP) is 5.13. The Balaban J connectivity index is 1.20. The van der Waals surface area contributed by atoms with Crippen LogP contribution in [0.15, 0.2) is 54.7 Å². The number of rotatable bonds is 8. The fraction of sp³-hybridized carbons (Fsp3) is 0.406. The number of fused-ring (bicyclic) bond motifs is 2. The first kappa shape index (κ1) is 26.0. The number of nitrogens with one attached hydrogen (secondary N) is 1. The number of aromatic nitrogens is 5. The van der Waals surface area contributed by atoms with Crippen molar-refractivity contribution >= 4 is 39.3 Å². The molecule has 2 aliphatic rings. The van der Waals surface area contributed by atoms with Gasteiger partial charge in [-0.05, 0) is 75.0 Å². The van der Waals surface area contributed by atoms with E-state index in [0.717, 1.165) is 66.7 Å². The summed E-state index contributed by atoms with van der Waals surface area (Å²) >= 11 is 0. The van der Waals surface area contributed by atoms with Crippen molar-refractivity contribution in [2.24, 2.45) is 14.1 Å². The summed E-state index contributed by atoms with van der Waals surface area (Å²) in [4.78, 5) is 14.8. The van der Waals surface area contributed by atoms with Crippen LogP contribution in [0.25, 0.3) is 33.1 Å². The van der Waals surface area contributed by atoms with Crippen LogP contribution in [0.4, 0.5) is 17.5 Å². The Hall–Kier alpha value is -3.95. The molecular formula is C32H38N8O. The third-order valence-corrected chi connectivity index (χ3v) is 8.48. The lowest BCUT2D eigenvalue weighted by Crippen LogP contribution is -2.37. The number of nitrogens with zero attached hydrogens (tertiary/aromatic N) is 7. The maximum absolute atomic E-state index is 5.60. The van der Waals surface area contributed by atoms with Crippen LogP contribution in [-0.2, 0) is 25.3 Å². The van der Waals surface area contributed by atoms with E-state index in [-0.39, 0.29) is 0 Å². The Morgan fingerprint density at radius 2 is 1.73 bits per heavy atom. The number of aryl methyl sites for hydroxylation is 3. The summed E-state index contributed by atoms with van der Waals surface area (Å²) in [5, 5.41) is 10.9. The Bertz CT molecular complexity index is 1680. The van der Waals surface area contributed by atoms with E-state index in [1.165, 1.54) is 47.9 Å². The highest BCUT2D eigenvalue weighted by atomic mass is 16.5. The van der Waals surface area contributed by atoms with Crippen LogP contribution in [-0.4, -0.2) is 75.2 Å². The van der Waals surface area contributed by atoms with Crippen molar-refractivity contribution < 1.29 is 4.74 Å². The average molecular weight is 551 g/mol. The van der Waals surface area contributed by atoms with E-state index < -0.39 is 0 Å². The molecule has 1 N–H and O–H groups in total. The van der Waals surface area contributed by atoms with Crippen LogP contribution < -0.4 is 10.2 Å². The molecule has 0 amide bonds. The van der Waals surface area contributed by atoms with Gasteiger partial charge in [-0.1, -0.05) is 18.2 Å². The molecule has 3 aromatic heterocycles. The Labute approximate surface area is 240 Å². The van der Waals surface area contributed by atoms with Gasteiger partial charge in [-0.15, -0.1) is 0 Å². The Morgan fingerprint density at radius 3 is 2.59 bits per heavy atom. The summed E-state index contributed by atoms with van der Waals surface area (Å²) in [7, 11) is 4.11. The summed E-state index contributed by atoms with van der Waals surface area (Å²) in [6.07, 6.45) is 6.91. The second-order valence-electron chi connectivity index (χ2n) is 11.3. The summed E-state index contributed by atoms with van der Waals surface area (Å²) in [5.74, 6) is 1.50. The van der Waals surface area contributed by atoms with Gasteiger partial charge in [0.05, 0.1) is 30.1 Å². The van der Waals surface area contributed by atoms with Crippen molar-refractivity contribution in [3.8, 4) is 11.3 Å². The van der Waals surface area contributed by atoms with E-state index in [9.17, 15) is 0 Å². The summed E-state index contributed by atoms with van der Waals surface area (Å²) in [6, 6.07) is 17.2. The number of hydrogen-bond acceptors (Lipinski definition) is 7. The van der Waals surface area contributed by atoms with E-state index in [0.29, 0.717) is 13.2 Å². The van der Waals surface area contributed by atoms with Gasteiger partial charge in [-0.25, -0.2) is 4.98 Å². The van der Waals surface area contributed by atoms with E-state index in [1.807, 2.05) is 17.8 Å². The van der Waals surface area contributed by atoms with Gasteiger partial charge in [0.2, 0.25) is 5.95 Å². The fourth-order valence-corrected chi connectivity index (χ4v) is 6.19. The highest BCUT2D eigenvalue weighted by Crippen LogP contribution is 2.30. The van der Waals surface area contributed by atoms with Gasteiger partial charge in [0.25, 0.3) is 0 Å². The molecule has 9 heteroatoms. The van der Waals surface area contributed by atoms with Crippen molar-refractivity contribution in [3.63, 3.8) is 0 Å². The molecule has 2 aliphatic heterocycles. The van der Waals surface area contributed by atoms with Gasteiger partial charge in [0, 0.05) is 61.6 Å². The molecule has 2 saturated heterocycles. The van der Waals surface area contributed by atoms with Crippen molar-refractivity contribution in [2.45, 2.75) is 25.7 Å². The molecule has 0 bridgehead atoms. The molecule has 5 aromatic rings. The molecule has 41 heavy (non-hydrogen) atoms. The fourth-order valence-electron chi connectivity index (χ4n) is 6.19. The van der Waals surface area contributed by atoms with Crippen molar-refractivity contribution in [1.82, 2.24) is 29.2 Å². The average Bonchev–Trinajstić information content (AvgIpc) is 3.73. The number of benzene rings is 2. The predicted molar refractivity (Wildman–Crippen MR) is 165 cm³/mol. The van der Waals surface area contributed by atoms with E-state index >= 15 is 0 Å². The molecular weight excluding hydrogens is 512 g/mol. The van der Waals surface area contributed by atoms with Gasteiger partial charge in [-0.2, -0.15) is 10.1 Å². The lowest BCUT2D eigenvalue weighted by molar-refractivity contribution is 0.122. The third-order valence-electron chi connectivity index (χ3n) is 8.48. The van der Waals surface area contributed by atoms with Gasteiger partial charge < -0.3 is 24.4 Å². The molecule has 0 radical (unpaired) electrons. The van der Waals surface area contributed by atoms with Crippen LogP contribution in [0, 0.1) is 0 Å². The summed E-state index contributed by atoms with van der Waals surface area (Å²) < 4.78 is 9.75. The smallest absolute Gasteiger partial charge is 0.228 e. The molecule has 0 saturated carbocycles. The number of morpholine rings is 1. The second kappa shape index (κ2) is 11.1. The number of ether oxygens (including phenoxy) is 1. The van der Waals surface area contributed by atoms with Gasteiger partial charge in [0.1, 0.15) is 5.82 Å². The normalized spacial score (nSPS) is 16.3. The summed E-state index contributed by atoms with van der Waals surface area (Å²) in [5.41, 5.74) is 6.44. The van der Waals surface area contributed by atoms with Gasteiger partial charge in [-0.3, -0.25) is 4.68 Å². The number of likely N-dealkylation sites (tertiary alicyclic amines) is 1. The molecule has 2 aromatic carbocycles. The zero-order valence-electron chi connectivity index (χ0n) is 24.0. The molecule has 0 unspecified atom stereocenters. The summed E-state index contributed by atoms with van der Waals surface area (Å²) in [6.45, 7) is 6.57. The highest BCUT2D eigenvalue weighted by molar-refractivity contribution is 5.87. The number of anilines is 3. The zero-order valence-corrected chi connectivity index (χ0v) is 24.0. The molecule has 7 rings (SSSR count). The second-order valence-corrected chi connectivity index (χ2v) is 11.3. The molecule has 0 aliphatic carbocycles. The lowest BCUT2D eigenvalue weighted by atomic mass is 10.1. The standard InChI is InChI=1S/C32H38N8O/c1-37-15-11-23-7-9-25(21-29(23)37)33-31-22-28(34-32(35-31)40-16-18-41-19-17-40)24-8-10-26-27(36-38(2)30(26)20-24)6-5-14-39-12-3-4-13-39/h7-11,15,20-22H,3-6,12-14,16-19H2,1-2H3,(H,33,34,35).